The van der Waals surface area contributed by atoms with Gasteiger partial charge >= 0.3 is 0 Å². The maximum absolute atomic E-state index is 13.0. The predicted molar refractivity (Wildman–Crippen MR) is 146 cm³/mol. The van der Waals surface area contributed by atoms with Crippen LogP contribution in [0.25, 0.3) is 0 Å². The molecular weight excluding hydrogens is 588 g/mol. The second-order valence-corrected chi connectivity index (χ2v) is 10.8. The summed E-state index contributed by atoms with van der Waals surface area (Å²) in [6.07, 6.45) is -15.7. The summed E-state index contributed by atoms with van der Waals surface area (Å²) in [4.78, 5) is 13.0. The van der Waals surface area contributed by atoms with Crippen molar-refractivity contribution >= 4 is 5.78 Å². The first-order valence-corrected chi connectivity index (χ1v) is 13.9. The molecule has 2 fully saturated rings. The number of carbonyl (C=O) groups excluding carboxylic acids is 1. The van der Waals surface area contributed by atoms with Crippen molar-refractivity contribution in [1.82, 2.24) is 0 Å². The van der Waals surface area contributed by atoms with Crippen LogP contribution in [0.3, 0.4) is 0 Å². The van der Waals surface area contributed by atoms with Gasteiger partial charge in [0.2, 0.25) is 6.29 Å². The standard InChI is InChI=1S/C29H36O15/c1-11-22(32)24(34)26(36)28(41-11)40-10-20-23(33)25(35)27(37)29(44-20)42-13-7-14(30)21-15(31)9-17(43-19(21)8-13)12-4-5-16(38-2)18(6-12)39-3/h4-8,11,17,20,22-30,32-37H,9-10H2,1-3H3/t11-,17?,20+,22-,23+,24+,25-,26+,27+,28-,29+/m0/s1. The molecule has 7 N–H and O–H groups in total. The number of methoxy groups -OCH3 is 2. The van der Waals surface area contributed by atoms with E-state index in [9.17, 15) is 40.5 Å². The lowest BCUT2D eigenvalue weighted by atomic mass is 9.95. The van der Waals surface area contributed by atoms with Crippen LogP contribution in [0.4, 0.5) is 0 Å². The van der Waals surface area contributed by atoms with E-state index in [1.165, 1.54) is 27.2 Å². The summed E-state index contributed by atoms with van der Waals surface area (Å²) < 4.78 is 38.9. The molecule has 15 nitrogen and oxygen atoms in total. The third kappa shape index (κ3) is 6.15. The van der Waals surface area contributed by atoms with Gasteiger partial charge in [-0.2, -0.15) is 0 Å². The summed E-state index contributed by atoms with van der Waals surface area (Å²) in [7, 11) is 2.97. The highest BCUT2D eigenvalue weighted by atomic mass is 16.7. The quantitative estimate of drug-likeness (QED) is 0.190. The van der Waals surface area contributed by atoms with Gasteiger partial charge in [0.25, 0.3) is 0 Å². The number of benzene rings is 2. The molecule has 3 aliphatic heterocycles. The van der Waals surface area contributed by atoms with Crippen LogP contribution in [0, 0.1) is 0 Å². The zero-order valence-electron chi connectivity index (χ0n) is 24.0. The van der Waals surface area contributed by atoms with E-state index in [-0.39, 0.29) is 29.3 Å². The largest absolute Gasteiger partial charge is 0.507 e. The van der Waals surface area contributed by atoms with Crippen molar-refractivity contribution in [3.05, 3.63) is 41.5 Å². The van der Waals surface area contributed by atoms with Crippen LogP contribution in [0.15, 0.2) is 30.3 Å². The number of phenolic OH excluding ortho intramolecular Hbond substituents is 1. The van der Waals surface area contributed by atoms with Crippen LogP contribution in [0.2, 0.25) is 0 Å². The average Bonchev–Trinajstić information content (AvgIpc) is 3.01. The summed E-state index contributed by atoms with van der Waals surface area (Å²) in [6, 6.07) is 7.50. The average molecular weight is 625 g/mol. The molecule has 0 saturated carbocycles. The van der Waals surface area contributed by atoms with Gasteiger partial charge in [-0.05, 0) is 24.6 Å². The monoisotopic (exact) mass is 624 g/mol. The number of hydrogen-bond acceptors (Lipinski definition) is 15. The fraction of sp³-hybridized carbons (Fsp3) is 0.552. The van der Waals surface area contributed by atoms with E-state index in [4.69, 9.17) is 33.2 Å². The van der Waals surface area contributed by atoms with Crippen molar-refractivity contribution < 1.29 is 73.7 Å². The molecule has 3 aliphatic rings. The minimum atomic E-state index is -1.76. The Morgan fingerprint density at radius 2 is 1.50 bits per heavy atom. The van der Waals surface area contributed by atoms with E-state index >= 15 is 0 Å². The Bertz CT molecular complexity index is 1340. The van der Waals surface area contributed by atoms with Gasteiger partial charge in [0.1, 0.15) is 71.6 Å². The van der Waals surface area contributed by atoms with Crippen molar-refractivity contribution in [1.29, 1.82) is 0 Å². The molecular formula is C29H36O15. The molecule has 0 bridgehead atoms. The van der Waals surface area contributed by atoms with E-state index < -0.39 is 79.9 Å². The lowest BCUT2D eigenvalue weighted by molar-refractivity contribution is -0.318. The van der Waals surface area contributed by atoms with Crippen LogP contribution < -0.4 is 18.9 Å². The van der Waals surface area contributed by atoms with Gasteiger partial charge in [-0.15, -0.1) is 0 Å². The molecule has 0 spiro atoms. The summed E-state index contributed by atoms with van der Waals surface area (Å²) in [5, 5.41) is 72.3. The zero-order valence-corrected chi connectivity index (χ0v) is 24.0. The number of rotatable bonds is 8. The van der Waals surface area contributed by atoms with E-state index in [2.05, 4.69) is 0 Å². The Balaban J connectivity index is 1.31. The Morgan fingerprint density at radius 1 is 0.818 bits per heavy atom. The topological polar surface area (TPSA) is 223 Å². The molecule has 1 unspecified atom stereocenters. The van der Waals surface area contributed by atoms with Crippen LogP contribution in [-0.2, 0) is 14.2 Å². The number of carbonyl (C=O) groups is 1. The van der Waals surface area contributed by atoms with Gasteiger partial charge in [-0.3, -0.25) is 4.79 Å². The molecule has 11 atom stereocenters. The zero-order chi connectivity index (χ0) is 31.9. The van der Waals surface area contributed by atoms with Gasteiger partial charge in [0.05, 0.1) is 33.4 Å². The number of hydrogen-bond donors (Lipinski definition) is 7. The Morgan fingerprint density at radius 3 is 2.20 bits per heavy atom. The smallest absolute Gasteiger partial charge is 0.229 e. The minimum Gasteiger partial charge on any atom is -0.507 e. The maximum Gasteiger partial charge on any atom is 0.229 e. The molecule has 0 aliphatic carbocycles. The second kappa shape index (κ2) is 13.0. The first-order valence-electron chi connectivity index (χ1n) is 13.9. The number of ether oxygens (including phenoxy) is 7. The molecule has 2 saturated heterocycles. The van der Waals surface area contributed by atoms with Crippen molar-refractivity contribution in [3.8, 4) is 28.7 Å². The normalized spacial score (nSPS) is 35.4. The molecule has 2 aromatic carbocycles. The fourth-order valence-electron chi connectivity index (χ4n) is 5.35. The predicted octanol–water partition coefficient (Wildman–Crippen LogP) is -0.854. The number of fused-ring (bicyclic) bond motifs is 1. The summed E-state index contributed by atoms with van der Waals surface area (Å²) in [5.41, 5.74) is 0.551. The van der Waals surface area contributed by atoms with Gasteiger partial charge in [0.15, 0.2) is 23.6 Å². The van der Waals surface area contributed by atoms with Gasteiger partial charge in [-0.1, -0.05) is 6.07 Å². The highest BCUT2D eigenvalue weighted by Crippen LogP contribution is 2.43. The molecule has 44 heavy (non-hydrogen) atoms. The first kappa shape index (κ1) is 32.2. The Labute approximate surface area is 251 Å². The maximum atomic E-state index is 13.0. The molecule has 0 amide bonds. The first-order chi connectivity index (χ1) is 20.9. The molecule has 15 heteroatoms. The van der Waals surface area contributed by atoms with Crippen molar-refractivity contribution in [2.45, 2.75) is 80.9 Å². The summed E-state index contributed by atoms with van der Waals surface area (Å²) >= 11 is 0. The van der Waals surface area contributed by atoms with Crippen molar-refractivity contribution in [3.63, 3.8) is 0 Å². The van der Waals surface area contributed by atoms with E-state index in [0.717, 1.165) is 6.07 Å². The lowest BCUT2D eigenvalue weighted by Gasteiger charge is -2.42. The van der Waals surface area contributed by atoms with Gasteiger partial charge in [-0.25, -0.2) is 0 Å². The highest BCUT2D eigenvalue weighted by molar-refractivity contribution is 6.02. The lowest BCUT2D eigenvalue weighted by Crippen LogP contribution is -2.61. The van der Waals surface area contributed by atoms with Crippen LogP contribution in [0.5, 0.6) is 28.7 Å². The number of phenols is 1. The third-order valence-electron chi connectivity index (χ3n) is 7.91. The van der Waals surface area contributed by atoms with E-state index in [0.29, 0.717) is 17.1 Å². The number of Topliss-reactive ketones (excluding diaryl/α,β-unsaturated/α-hetero) is 1. The number of aromatic hydroxyl groups is 1. The van der Waals surface area contributed by atoms with Crippen molar-refractivity contribution in [2.75, 3.05) is 20.8 Å². The van der Waals surface area contributed by atoms with E-state index in [1.54, 1.807) is 18.2 Å². The van der Waals surface area contributed by atoms with Gasteiger partial charge < -0.3 is 68.9 Å². The number of ketones is 1. The molecule has 0 aromatic heterocycles. The van der Waals surface area contributed by atoms with Crippen molar-refractivity contribution in [2.24, 2.45) is 0 Å². The molecule has 5 rings (SSSR count). The van der Waals surface area contributed by atoms with E-state index in [1.807, 2.05) is 0 Å². The molecule has 0 radical (unpaired) electrons. The van der Waals surface area contributed by atoms with Crippen LogP contribution >= 0.6 is 0 Å². The summed E-state index contributed by atoms with van der Waals surface area (Å²) in [5.74, 6) is -0.00697. The molecule has 242 valence electrons. The highest BCUT2D eigenvalue weighted by Gasteiger charge is 2.47. The Hall–Kier alpha value is -3.25. The molecule has 2 aromatic rings. The van der Waals surface area contributed by atoms with Crippen LogP contribution in [-0.4, -0.2) is 124 Å². The molecule has 3 heterocycles. The third-order valence-corrected chi connectivity index (χ3v) is 7.91. The number of aliphatic hydroxyl groups excluding tert-OH is 6. The van der Waals surface area contributed by atoms with Gasteiger partial charge in [0, 0.05) is 12.1 Å². The SMILES string of the molecule is COc1ccc(C2CC(=O)c3c(O)cc(O[C@@H]4O[C@H](CO[C@H]5O[C@@H](C)[C@H](O)[C@@H](O)[C@H]5O)[C@@H](O)[C@H](O)[C@H]4O)cc3O2)cc1OC. The summed E-state index contributed by atoms with van der Waals surface area (Å²) in [6.45, 7) is 0.982. The Kier molecular flexibility index (Phi) is 9.50. The van der Waals surface area contributed by atoms with Crippen LogP contribution in [0.1, 0.15) is 35.4 Å². The fourth-order valence-corrected chi connectivity index (χ4v) is 5.35. The number of aliphatic hydroxyl groups is 6. The second-order valence-electron chi connectivity index (χ2n) is 10.8. The minimum absolute atomic E-state index is 0.0000931.